The molecule has 0 aliphatic heterocycles. The molecule has 0 spiro atoms. The van der Waals surface area contributed by atoms with Crippen LogP contribution in [-0.2, 0) is 11.2 Å². The highest BCUT2D eigenvalue weighted by Gasteiger charge is 2.38. The molecule has 1 aromatic heterocycles. The lowest BCUT2D eigenvalue weighted by atomic mass is 9.64. The van der Waals surface area contributed by atoms with Crippen LogP contribution in [0.25, 0.3) is 0 Å². The number of carbonyl (C=O) groups is 1. The molecule has 0 unspecified atom stereocenters. The first-order chi connectivity index (χ1) is 13.8. The summed E-state index contributed by atoms with van der Waals surface area (Å²) in [5.74, 6) is 0.880. The highest BCUT2D eigenvalue weighted by atomic mass is 32.2. The van der Waals surface area contributed by atoms with Gasteiger partial charge in [-0.1, -0.05) is 42.8 Å². The van der Waals surface area contributed by atoms with Crippen molar-refractivity contribution in [3.8, 4) is 0 Å². The van der Waals surface area contributed by atoms with Crippen LogP contribution in [0.3, 0.4) is 0 Å². The lowest BCUT2D eigenvalue weighted by molar-refractivity contribution is 0.0928. The maximum atomic E-state index is 12.6. The number of hydrogen-bond donors (Lipinski definition) is 1. The Hall–Kier alpha value is -2.59. The summed E-state index contributed by atoms with van der Waals surface area (Å²) in [6.45, 7) is 0.702. The molecule has 1 N–H and O–H groups in total. The minimum absolute atomic E-state index is 0.00557. The molecule has 1 fully saturated rings. The van der Waals surface area contributed by atoms with Gasteiger partial charge in [-0.2, -0.15) is 0 Å². The number of pyridine rings is 1. The minimum atomic E-state index is 0.00557. The van der Waals surface area contributed by atoms with Crippen molar-refractivity contribution in [3.63, 3.8) is 0 Å². The summed E-state index contributed by atoms with van der Waals surface area (Å²) in [5.41, 5.74) is 3.36. The maximum Gasteiger partial charge on any atom is 0.251 e. The van der Waals surface area contributed by atoms with Gasteiger partial charge in [0, 0.05) is 40.6 Å². The Morgan fingerprint density at radius 3 is 2.43 bits per heavy atom. The Morgan fingerprint density at radius 2 is 1.79 bits per heavy atom. The van der Waals surface area contributed by atoms with E-state index in [1.54, 1.807) is 18.0 Å². The Labute approximate surface area is 170 Å². The van der Waals surface area contributed by atoms with Crippen LogP contribution in [0.1, 0.15) is 40.7 Å². The SMILES string of the molecule is O=C(NCC1(c2ccccc2)CCC1)c1ccc(SCc2cccnc2)cc1. The van der Waals surface area contributed by atoms with Crippen LogP contribution >= 0.6 is 11.8 Å². The number of aromatic nitrogens is 1. The largest absolute Gasteiger partial charge is 0.351 e. The molecule has 1 saturated carbocycles. The fraction of sp³-hybridized carbons (Fsp3) is 0.250. The average Bonchev–Trinajstić information content (AvgIpc) is 2.73. The van der Waals surface area contributed by atoms with Crippen molar-refractivity contribution >= 4 is 17.7 Å². The normalized spacial score (nSPS) is 14.9. The van der Waals surface area contributed by atoms with E-state index >= 15 is 0 Å². The van der Waals surface area contributed by atoms with Crippen LogP contribution in [0.2, 0.25) is 0 Å². The molecule has 0 saturated heterocycles. The average molecular weight is 389 g/mol. The molecule has 28 heavy (non-hydrogen) atoms. The third-order valence-corrected chi connectivity index (χ3v) is 6.61. The van der Waals surface area contributed by atoms with E-state index in [4.69, 9.17) is 0 Å². The first kappa shape index (κ1) is 18.8. The number of rotatable bonds is 7. The van der Waals surface area contributed by atoms with Gasteiger partial charge in [-0.15, -0.1) is 11.8 Å². The number of nitrogens with zero attached hydrogens (tertiary/aromatic N) is 1. The van der Waals surface area contributed by atoms with Crippen LogP contribution in [0.4, 0.5) is 0 Å². The number of benzene rings is 2. The van der Waals surface area contributed by atoms with Crippen LogP contribution in [0, 0.1) is 0 Å². The van der Waals surface area contributed by atoms with Gasteiger partial charge in [0.2, 0.25) is 0 Å². The van der Waals surface area contributed by atoms with Gasteiger partial charge < -0.3 is 5.32 Å². The van der Waals surface area contributed by atoms with Crippen LogP contribution in [-0.4, -0.2) is 17.4 Å². The summed E-state index contributed by atoms with van der Waals surface area (Å²) in [6, 6.07) is 22.5. The molecular formula is C24H24N2OS. The van der Waals surface area contributed by atoms with E-state index in [1.165, 1.54) is 17.5 Å². The van der Waals surface area contributed by atoms with E-state index in [-0.39, 0.29) is 11.3 Å². The van der Waals surface area contributed by atoms with Gasteiger partial charge in [0.25, 0.3) is 5.91 Å². The van der Waals surface area contributed by atoms with Gasteiger partial charge in [-0.3, -0.25) is 9.78 Å². The van der Waals surface area contributed by atoms with Crippen LogP contribution in [0.15, 0.2) is 84.0 Å². The van der Waals surface area contributed by atoms with Gasteiger partial charge in [0.05, 0.1) is 0 Å². The summed E-state index contributed by atoms with van der Waals surface area (Å²) in [7, 11) is 0. The second-order valence-corrected chi connectivity index (χ2v) is 8.41. The Bertz CT molecular complexity index is 906. The monoisotopic (exact) mass is 388 g/mol. The topological polar surface area (TPSA) is 42.0 Å². The molecule has 2 aromatic carbocycles. The zero-order valence-corrected chi connectivity index (χ0v) is 16.6. The van der Waals surface area contributed by atoms with E-state index in [2.05, 4.69) is 40.6 Å². The smallest absolute Gasteiger partial charge is 0.251 e. The molecule has 0 radical (unpaired) electrons. The molecular weight excluding hydrogens is 364 g/mol. The second kappa shape index (κ2) is 8.61. The van der Waals surface area contributed by atoms with Crippen LogP contribution < -0.4 is 5.32 Å². The molecule has 1 aliphatic rings. The first-order valence-corrected chi connectivity index (χ1v) is 10.7. The number of nitrogens with one attached hydrogen (secondary N) is 1. The van der Waals surface area contributed by atoms with E-state index in [0.717, 1.165) is 23.5 Å². The standard InChI is InChI=1S/C24H24N2OS/c27-23(26-18-24(13-5-14-24)21-7-2-1-3-8-21)20-9-11-22(12-10-20)28-17-19-6-4-15-25-16-19/h1-4,6-12,15-16H,5,13-14,17-18H2,(H,26,27). The quantitative estimate of drug-likeness (QED) is 0.564. The summed E-state index contributed by atoms with van der Waals surface area (Å²) >= 11 is 1.75. The molecule has 3 nitrogen and oxygen atoms in total. The number of thioether (sulfide) groups is 1. The van der Waals surface area contributed by atoms with Crippen molar-refractivity contribution in [3.05, 3.63) is 95.8 Å². The summed E-state index contributed by atoms with van der Waals surface area (Å²) < 4.78 is 0. The lowest BCUT2D eigenvalue weighted by Crippen LogP contribution is -2.45. The third kappa shape index (κ3) is 4.28. The Morgan fingerprint density at radius 1 is 1.00 bits per heavy atom. The molecule has 4 rings (SSSR count). The molecule has 0 bridgehead atoms. The van der Waals surface area contributed by atoms with Gasteiger partial charge >= 0.3 is 0 Å². The van der Waals surface area contributed by atoms with E-state index in [1.807, 2.05) is 42.6 Å². The number of hydrogen-bond acceptors (Lipinski definition) is 3. The van der Waals surface area contributed by atoms with E-state index < -0.39 is 0 Å². The summed E-state index contributed by atoms with van der Waals surface area (Å²) in [4.78, 5) is 17.9. The maximum absolute atomic E-state index is 12.6. The van der Waals surface area contributed by atoms with Crippen molar-refractivity contribution in [1.82, 2.24) is 10.3 Å². The molecule has 1 aliphatic carbocycles. The second-order valence-electron chi connectivity index (χ2n) is 7.36. The predicted octanol–water partition coefficient (Wildman–Crippen LogP) is 5.23. The summed E-state index contributed by atoms with van der Waals surface area (Å²) in [5, 5.41) is 3.16. The van der Waals surface area contributed by atoms with Crippen molar-refractivity contribution in [2.45, 2.75) is 35.3 Å². The molecule has 1 heterocycles. The first-order valence-electron chi connectivity index (χ1n) is 9.71. The van der Waals surface area contributed by atoms with Crippen LogP contribution in [0.5, 0.6) is 0 Å². The molecule has 142 valence electrons. The zero-order chi connectivity index (χ0) is 19.2. The van der Waals surface area contributed by atoms with E-state index in [9.17, 15) is 4.79 Å². The van der Waals surface area contributed by atoms with Gasteiger partial charge in [-0.05, 0) is 54.3 Å². The number of amides is 1. The van der Waals surface area contributed by atoms with Gasteiger partial charge in [0.1, 0.15) is 0 Å². The fourth-order valence-corrected chi connectivity index (χ4v) is 4.50. The van der Waals surface area contributed by atoms with Crippen molar-refractivity contribution in [2.24, 2.45) is 0 Å². The van der Waals surface area contributed by atoms with Crippen molar-refractivity contribution in [1.29, 1.82) is 0 Å². The molecule has 0 atom stereocenters. The minimum Gasteiger partial charge on any atom is -0.351 e. The molecule has 3 aromatic rings. The fourth-order valence-electron chi connectivity index (χ4n) is 3.67. The summed E-state index contributed by atoms with van der Waals surface area (Å²) in [6.07, 6.45) is 7.18. The molecule has 1 amide bonds. The zero-order valence-electron chi connectivity index (χ0n) is 15.8. The van der Waals surface area contributed by atoms with E-state index in [0.29, 0.717) is 12.1 Å². The lowest BCUT2D eigenvalue weighted by Gasteiger charge is -2.42. The number of carbonyl (C=O) groups excluding carboxylic acids is 1. The Balaban J connectivity index is 1.33. The van der Waals surface area contributed by atoms with Crippen molar-refractivity contribution < 1.29 is 4.79 Å². The van der Waals surface area contributed by atoms with Gasteiger partial charge in [-0.25, -0.2) is 0 Å². The highest BCUT2D eigenvalue weighted by Crippen LogP contribution is 2.43. The molecule has 4 heteroatoms. The highest BCUT2D eigenvalue weighted by molar-refractivity contribution is 7.98. The van der Waals surface area contributed by atoms with Crippen molar-refractivity contribution in [2.75, 3.05) is 6.54 Å². The van der Waals surface area contributed by atoms with Gasteiger partial charge in [0.15, 0.2) is 0 Å². The predicted molar refractivity (Wildman–Crippen MR) is 115 cm³/mol. The third-order valence-electron chi connectivity index (χ3n) is 5.53. The Kier molecular flexibility index (Phi) is 5.77.